The zero-order valence-corrected chi connectivity index (χ0v) is 18.0. The van der Waals surface area contributed by atoms with Gasteiger partial charge in [0.1, 0.15) is 17.6 Å². The molecule has 4 rings (SSSR count). The molecule has 1 aliphatic rings. The molecular formula is C24H20ClN3O4. The van der Waals surface area contributed by atoms with Crippen LogP contribution in [0, 0.1) is 0 Å². The zero-order valence-electron chi connectivity index (χ0n) is 17.2. The summed E-state index contributed by atoms with van der Waals surface area (Å²) in [6.45, 7) is 2.33. The number of ether oxygens (including phenoxy) is 1. The van der Waals surface area contributed by atoms with Crippen LogP contribution < -0.4 is 4.74 Å². The summed E-state index contributed by atoms with van der Waals surface area (Å²) >= 11 is 6.33. The van der Waals surface area contributed by atoms with E-state index < -0.39 is 17.7 Å². The van der Waals surface area contributed by atoms with Crippen molar-refractivity contribution in [3.05, 3.63) is 94.5 Å². The molecule has 3 aromatic rings. The van der Waals surface area contributed by atoms with Gasteiger partial charge < -0.3 is 14.7 Å². The van der Waals surface area contributed by atoms with Gasteiger partial charge in [0.15, 0.2) is 0 Å². The number of benzene rings is 1. The van der Waals surface area contributed by atoms with E-state index in [1.165, 1.54) is 4.90 Å². The van der Waals surface area contributed by atoms with Crippen molar-refractivity contribution >= 4 is 29.1 Å². The molecule has 0 aliphatic carbocycles. The highest BCUT2D eigenvalue weighted by Crippen LogP contribution is 2.41. The Balaban J connectivity index is 1.87. The highest BCUT2D eigenvalue weighted by atomic mass is 35.5. The highest BCUT2D eigenvalue weighted by molar-refractivity contribution is 6.46. The first-order valence-corrected chi connectivity index (χ1v) is 10.4. The summed E-state index contributed by atoms with van der Waals surface area (Å²) in [6.07, 6.45) is 3.18. The predicted octanol–water partition coefficient (Wildman–Crippen LogP) is 4.15. The van der Waals surface area contributed by atoms with Crippen LogP contribution in [0.3, 0.4) is 0 Å². The molecule has 1 N–H and O–H groups in total. The van der Waals surface area contributed by atoms with E-state index in [0.717, 1.165) is 0 Å². The molecule has 1 aliphatic heterocycles. The van der Waals surface area contributed by atoms with Gasteiger partial charge in [-0.25, -0.2) is 0 Å². The number of aliphatic hydroxyl groups is 1. The molecule has 162 valence electrons. The number of hydrogen-bond donors (Lipinski definition) is 1. The lowest BCUT2D eigenvalue weighted by Gasteiger charge is -2.24. The Morgan fingerprint density at radius 3 is 2.50 bits per heavy atom. The highest BCUT2D eigenvalue weighted by Gasteiger charge is 2.47. The Morgan fingerprint density at radius 2 is 1.84 bits per heavy atom. The third-order valence-corrected chi connectivity index (χ3v) is 5.40. The number of ketones is 1. The fraction of sp³-hybridized carbons (Fsp3) is 0.167. The molecule has 1 amide bonds. The number of hydrogen-bond acceptors (Lipinski definition) is 6. The van der Waals surface area contributed by atoms with Gasteiger partial charge in [-0.3, -0.25) is 19.6 Å². The molecule has 8 heteroatoms. The summed E-state index contributed by atoms with van der Waals surface area (Å²) in [5.74, 6) is -1.46. The molecule has 1 aromatic carbocycles. The number of carbonyl (C=O) groups is 2. The number of carbonyl (C=O) groups excluding carboxylic acids is 2. The summed E-state index contributed by atoms with van der Waals surface area (Å²) in [6, 6.07) is 14.4. The number of pyridine rings is 2. The van der Waals surface area contributed by atoms with Gasteiger partial charge in [0.05, 0.1) is 35.1 Å². The Labute approximate surface area is 190 Å². The smallest absolute Gasteiger partial charge is 0.296 e. The monoisotopic (exact) mass is 449 g/mol. The quantitative estimate of drug-likeness (QED) is 0.345. The van der Waals surface area contributed by atoms with Crippen molar-refractivity contribution in [3.8, 4) is 5.75 Å². The summed E-state index contributed by atoms with van der Waals surface area (Å²) in [4.78, 5) is 36.1. The molecule has 1 saturated heterocycles. The van der Waals surface area contributed by atoms with Crippen LogP contribution in [0.5, 0.6) is 5.75 Å². The average molecular weight is 450 g/mol. The Kier molecular flexibility index (Phi) is 6.18. The second kappa shape index (κ2) is 9.20. The van der Waals surface area contributed by atoms with E-state index in [1.54, 1.807) is 67.0 Å². The molecule has 2 aromatic heterocycles. The van der Waals surface area contributed by atoms with Crippen molar-refractivity contribution < 1.29 is 19.4 Å². The minimum atomic E-state index is -0.898. The van der Waals surface area contributed by atoms with Gasteiger partial charge in [0, 0.05) is 18.0 Å². The van der Waals surface area contributed by atoms with Crippen LogP contribution in [0.1, 0.15) is 29.9 Å². The fourth-order valence-corrected chi connectivity index (χ4v) is 3.85. The van der Waals surface area contributed by atoms with E-state index >= 15 is 0 Å². The lowest BCUT2D eigenvalue weighted by molar-refractivity contribution is -0.140. The first-order valence-electron chi connectivity index (χ1n) is 10.0. The molecule has 3 heterocycles. The van der Waals surface area contributed by atoms with E-state index in [2.05, 4.69) is 9.97 Å². The van der Waals surface area contributed by atoms with E-state index in [1.807, 2.05) is 6.92 Å². The molecule has 7 nitrogen and oxygen atoms in total. The van der Waals surface area contributed by atoms with Crippen LogP contribution in [0.25, 0.3) is 5.76 Å². The van der Waals surface area contributed by atoms with Gasteiger partial charge in [-0.2, -0.15) is 0 Å². The molecular weight excluding hydrogens is 430 g/mol. The fourth-order valence-electron chi connectivity index (χ4n) is 3.64. The van der Waals surface area contributed by atoms with Crippen molar-refractivity contribution in [1.82, 2.24) is 14.9 Å². The van der Waals surface area contributed by atoms with Crippen LogP contribution >= 0.6 is 11.6 Å². The van der Waals surface area contributed by atoms with Crippen molar-refractivity contribution in [2.45, 2.75) is 19.5 Å². The van der Waals surface area contributed by atoms with Crippen LogP contribution in [0.15, 0.2) is 72.6 Å². The van der Waals surface area contributed by atoms with Crippen LogP contribution in [0.2, 0.25) is 5.02 Å². The number of aliphatic hydroxyl groups excluding tert-OH is 1. The summed E-state index contributed by atoms with van der Waals surface area (Å²) in [5, 5.41) is 11.4. The number of rotatable bonds is 6. The lowest BCUT2D eigenvalue weighted by Crippen LogP contribution is -2.29. The third kappa shape index (κ3) is 4.07. The molecule has 0 saturated carbocycles. The Bertz CT molecular complexity index is 1180. The summed E-state index contributed by atoms with van der Waals surface area (Å²) in [7, 11) is 0. The van der Waals surface area contributed by atoms with Gasteiger partial charge >= 0.3 is 0 Å². The minimum absolute atomic E-state index is 0.0795. The molecule has 0 spiro atoms. The number of Topliss-reactive ketones (excluding diaryl/α,β-unsaturated/α-hetero) is 1. The van der Waals surface area contributed by atoms with Crippen molar-refractivity contribution in [1.29, 1.82) is 0 Å². The zero-order chi connectivity index (χ0) is 22.7. The first-order chi connectivity index (χ1) is 15.5. The van der Waals surface area contributed by atoms with Crippen LogP contribution in [-0.4, -0.2) is 38.3 Å². The number of nitrogens with zero attached hydrogens (tertiary/aromatic N) is 3. The number of amides is 1. The van der Waals surface area contributed by atoms with Gasteiger partial charge in [-0.15, -0.1) is 0 Å². The first kappa shape index (κ1) is 21.5. The summed E-state index contributed by atoms with van der Waals surface area (Å²) < 4.78 is 5.50. The second-order valence-electron chi connectivity index (χ2n) is 7.08. The van der Waals surface area contributed by atoms with E-state index in [4.69, 9.17) is 16.3 Å². The van der Waals surface area contributed by atoms with Gasteiger partial charge in [0.25, 0.3) is 11.7 Å². The second-order valence-corrected chi connectivity index (χ2v) is 7.48. The number of halogens is 1. The van der Waals surface area contributed by atoms with Crippen LogP contribution in [0.4, 0.5) is 0 Å². The van der Waals surface area contributed by atoms with E-state index in [9.17, 15) is 14.7 Å². The predicted molar refractivity (Wildman–Crippen MR) is 119 cm³/mol. The minimum Gasteiger partial charge on any atom is -0.507 e. The topological polar surface area (TPSA) is 92.6 Å². The van der Waals surface area contributed by atoms with Gasteiger partial charge in [0.2, 0.25) is 0 Å². The van der Waals surface area contributed by atoms with E-state index in [0.29, 0.717) is 23.7 Å². The standard InChI is InChI=1S/C24H20ClN3O4/c1-2-32-16-9-10-18(25)17(13-16)22(29)20-21(19-8-4-6-12-27-19)28(24(31)23(20)30)14-15-7-3-5-11-26-15/h3-13,21,29H,2,14H2,1H3/b22-20+. The van der Waals surface area contributed by atoms with Crippen molar-refractivity contribution in [3.63, 3.8) is 0 Å². The number of likely N-dealkylation sites (tertiary alicyclic amines) is 1. The Hall–Kier alpha value is -3.71. The van der Waals surface area contributed by atoms with Gasteiger partial charge in [-0.05, 0) is 49.4 Å². The van der Waals surface area contributed by atoms with Gasteiger partial charge in [-0.1, -0.05) is 23.7 Å². The molecule has 32 heavy (non-hydrogen) atoms. The number of aromatic nitrogens is 2. The largest absolute Gasteiger partial charge is 0.507 e. The van der Waals surface area contributed by atoms with Crippen LogP contribution in [-0.2, 0) is 16.1 Å². The molecule has 0 bridgehead atoms. The molecule has 0 radical (unpaired) electrons. The lowest BCUT2D eigenvalue weighted by atomic mass is 9.98. The maximum Gasteiger partial charge on any atom is 0.296 e. The van der Waals surface area contributed by atoms with E-state index in [-0.39, 0.29) is 28.5 Å². The third-order valence-electron chi connectivity index (χ3n) is 5.07. The Morgan fingerprint density at radius 1 is 1.09 bits per heavy atom. The molecule has 1 unspecified atom stereocenters. The van der Waals surface area contributed by atoms with Crippen molar-refractivity contribution in [2.75, 3.05) is 6.61 Å². The molecule has 1 fully saturated rings. The SMILES string of the molecule is CCOc1ccc(Cl)c(/C(O)=C2\C(=O)C(=O)N(Cc3ccccn3)C2c2ccccn2)c1. The summed E-state index contributed by atoms with van der Waals surface area (Å²) in [5.41, 5.74) is 1.17. The normalized spacial score (nSPS) is 17.6. The maximum atomic E-state index is 13.1. The average Bonchev–Trinajstić information content (AvgIpc) is 3.06. The maximum absolute atomic E-state index is 13.1. The molecule has 1 atom stereocenters. The van der Waals surface area contributed by atoms with Crippen molar-refractivity contribution in [2.24, 2.45) is 0 Å².